The Hall–Kier alpha value is -1.95. The van der Waals surface area contributed by atoms with Crippen LogP contribution in [0.25, 0.3) is 0 Å². The highest BCUT2D eigenvalue weighted by molar-refractivity contribution is 7.09. The maximum atomic E-state index is 12.0. The molecule has 0 atom stereocenters. The Labute approximate surface area is 127 Å². The van der Waals surface area contributed by atoms with Crippen molar-refractivity contribution in [1.82, 2.24) is 9.97 Å². The molecule has 3 rings (SSSR count). The number of esters is 1. The summed E-state index contributed by atoms with van der Waals surface area (Å²) in [6.07, 6.45) is 4.01. The van der Waals surface area contributed by atoms with Gasteiger partial charge in [0.15, 0.2) is 0 Å². The van der Waals surface area contributed by atoms with E-state index in [9.17, 15) is 4.79 Å². The molecule has 2 aromatic rings. The van der Waals surface area contributed by atoms with E-state index in [0.717, 1.165) is 29.5 Å². The van der Waals surface area contributed by atoms with E-state index < -0.39 is 0 Å². The van der Waals surface area contributed by atoms with Crippen LogP contribution in [0.4, 0.5) is 5.82 Å². The van der Waals surface area contributed by atoms with E-state index in [1.54, 1.807) is 17.8 Å². The zero-order valence-corrected chi connectivity index (χ0v) is 12.7. The molecule has 0 saturated carbocycles. The predicted octanol–water partition coefficient (Wildman–Crippen LogP) is 2.80. The van der Waals surface area contributed by atoms with Crippen LogP contribution in [0.2, 0.25) is 0 Å². The molecule has 0 aliphatic carbocycles. The molecule has 0 spiro atoms. The van der Waals surface area contributed by atoms with Crippen molar-refractivity contribution in [2.75, 3.05) is 18.0 Å². The molecular formula is C15H17N3O2S. The minimum Gasteiger partial charge on any atom is -0.456 e. The first-order valence-corrected chi connectivity index (χ1v) is 7.89. The van der Waals surface area contributed by atoms with Gasteiger partial charge >= 0.3 is 5.97 Å². The third-order valence-electron chi connectivity index (χ3n) is 3.59. The van der Waals surface area contributed by atoms with Gasteiger partial charge in [-0.3, -0.25) is 0 Å². The van der Waals surface area contributed by atoms with Crippen LogP contribution in [0.5, 0.6) is 0 Å². The van der Waals surface area contributed by atoms with E-state index >= 15 is 0 Å². The molecular weight excluding hydrogens is 286 g/mol. The summed E-state index contributed by atoms with van der Waals surface area (Å²) < 4.78 is 5.30. The van der Waals surface area contributed by atoms with Gasteiger partial charge in [0.05, 0.1) is 21.6 Å². The van der Waals surface area contributed by atoms with Crippen molar-refractivity contribution < 1.29 is 9.53 Å². The van der Waals surface area contributed by atoms with Crippen molar-refractivity contribution in [2.24, 2.45) is 0 Å². The maximum Gasteiger partial charge on any atom is 0.340 e. The zero-order chi connectivity index (χ0) is 14.7. The van der Waals surface area contributed by atoms with Crippen molar-refractivity contribution in [3.8, 4) is 0 Å². The summed E-state index contributed by atoms with van der Waals surface area (Å²) in [6.45, 7) is 4.26. The van der Waals surface area contributed by atoms with Gasteiger partial charge < -0.3 is 9.64 Å². The lowest BCUT2D eigenvalue weighted by molar-refractivity contribution is 0.0475. The average molecular weight is 303 g/mol. The second-order valence-corrected chi connectivity index (χ2v) is 5.98. The number of carbonyl (C=O) groups is 1. The Morgan fingerprint density at radius 3 is 2.76 bits per heavy atom. The number of carbonyl (C=O) groups excluding carboxylic acids is 1. The highest BCUT2D eigenvalue weighted by Gasteiger charge is 2.15. The van der Waals surface area contributed by atoms with Gasteiger partial charge in [0.2, 0.25) is 0 Å². The molecule has 0 N–H and O–H groups in total. The summed E-state index contributed by atoms with van der Waals surface area (Å²) >= 11 is 1.50. The van der Waals surface area contributed by atoms with E-state index in [-0.39, 0.29) is 12.6 Å². The van der Waals surface area contributed by atoms with Crippen molar-refractivity contribution in [2.45, 2.75) is 26.4 Å². The van der Waals surface area contributed by atoms with Gasteiger partial charge in [-0.1, -0.05) is 0 Å². The standard InChI is InChI=1S/C15H17N3O2S/c1-11-13(21-10-17-11)9-20-15(19)12-4-5-14(16-8-12)18-6-2-3-7-18/h4-5,8,10H,2-3,6-7,9H2,1H3. The quantitative estimate of drug-likeness (QED) is 0.813. The highest BCUT2D eigenvalue weighted by Crippen LogP contribution is 2.18. The number of pyridine rings is 1. The van der Waals surface area contributed by atoms with Gasteiger partial charge in [-0.05, 0) is 31.9 Å². The first-order valence-electron chi connectivity index (χ1n) is 7.01. The second kappa shape index (κ2) is 6.22. The molecule has 2 aromatic heterocycles. The van der Waals surface area contributed by atoms with Gasteiger partial charge in [0.1, 0.15) is 12.4 Å². The summed E-state index contributed by atoms with van der Waals surface area (Å²) in [4.78, 5) is 23.7. The van der Waals surface area contributed by atoms with Gasteiger partial charge in [0, 0.05) is 19.3 Å². The molecule has 3 heterocycles. The number of thiazole rings is 1. The van der Waals surface area contributed by atoms with E-state index in [4.69, 9.17) is 4.74 Å². The molecule has 5 nitrogen and oxygen atoms in total. The largest absolute Gasteiger partial charge is 0.456 e. The molecule has 1 saturated heterocycles. The van der Waals surface area contributed by atoms with Crippen LogP contribution in [0.1, 0.15) is 33.8 Å². The number of aryl methyl sites for hydroxylation is 1. The van der Waals surface area contributed by atoms with Gasteiger partial charge in [-0.25, -0.2) is 14.8 Å². The number of nitrogens with zero attached hydrogens (tertiary/aromatic N) is 3. The SMILES string of the molecule is Cc1ncsc1COC(=O)c1ccc(N2CCCC2)nc1. The Kier molecular flexibility index (Phi) is 4.15. The van der Waals surface area contributed by atoms with E-state index in [0.29, 0.717) is 5.56 Å². The van der Waals surface area contributed by atoms with Gasteiger partial charge in [0.25, 0.3) is 0 Å². The molecule has 0 aromatic carbocycles. The lowest BCUT2D eigenvalue weighted by Crippen LogP contribution is -2.19. The number of aromatic nitrogens is 2. The Bertz CT molecular complexity index is 618. The fourth-order valence-electron chi connectivity index (χ4n) is 2.32. The van der Waals surface area contributed by atoms with Crippen LogP contribution in [-0.4, -0.2) is 29.0 Å². The summed E-state index contributed by atoms with van der Waals surface area (Å²) in [5.41, 5.74) is 3.15. The van der Waals surface area contributed by atoms with E-state index in [1.165, 1.54) is 24.2 Å². The number of anilines is 1. The van der Waals surface area contributed by atoms with Crippen molar-refractivity contribution in [3.63, 3.8) is 0 Å². The summed E-state index contributed by atoms with van der Waals surface area (Å²) in [5.74, 6) is 0.589. The molecule has 0 radical (unpaired) electrons. The van der Waals surface area contributed by atoms with Crippen LogP contribution in [-0.2, 0) is 11.3 Å². The monoisotopic (exact) mass is 303 g/mol. The van der Waals surface area contributed by atoms with Crippen LogP contribution in [0.15, 0.2) is 23.8 Å². The second-order valence-electron chi connectivity index (χ2n) is 5.04. The number of rotatable bonds is 4. The lowest BCUT2D eigenvalue weighted by atomic mass is 10.3. The smallest absolute Gasteiger partial charge is 0.340 e. The van der Waals surface area contributed by atoms with Gasteiger partial charge in [-0.15, -0.1) is 11.3 Å². The highest BCUT2D eigenvalue weighted by atomic mass is 32.1. The summed E-state index contributed by atoms with van der Waals surface area (Å²) in [5, 5.41) is 0. The maximum absolute atomic E-state index is 12.0. The molecule has 0 amide bonds. The number of hydrogen-bond donors (Lipinski definition) is 0. The van der Waals surface area contributed by atoms with Crippen molar-refractivity contribution in [3.05, 3.63) is 40.0 Å². The molecule has 0 bridgehead atoms. The Balaban J connectivity index is 1.60. The minimum absolute atomic E-state index is 0.267. The van der Waals surface area contributed by atoms with Crippen LogP contribution < -0.4 is 4.90 Å². The Morgan fingerprint density at radius 1 is 1.33 bits per heavy atom. The Morgan fingerprint density at radius 2 is 2.14 bits per heavy atom. The van der Waals surface area contributed by atoms with Crippen LogP contribution in [0, 0.1) is 6.92 Å². The lowest BCUT2D eigenvalue weighted by Gasteiger charge is -2.15. The summed E-state index contributed by atoms with van der Waals surface area (Å²) in [7, 11) is 0. The normalized spacial score (nSPS) is 14.4. The first kappa shape index (κ1) is 14.0. The fraction of sp³-hybridized carbons (Fsp3) is 0.400. The average Bonchev–Trinajstić information content (AvgIpc) is 3.17. The van der Waals surface area contributed by atoms with Crippen molar-refractivity contribution in [1.29, 1.82) is 0 Å². The fourth-order valence-corrected chi connectivity index (χ4v) is 3.01. The molecule has 6 heteroatoms. The molecule has 1 aliphatic rings. The van der Waals surface area contributed by atoms with Crippen LogP contribution >= 0.6 is 11.3 Å². The third kappa shape index (κ3) is 3.21. The number of hydrogen-bond acceptors (Lipinski definition) is 6. The third-order valence-corrected chi connectivity index (χ3v) is 4.50. The predicted molar refractivity (Wildman–Crippen MR) is 81.7 cm³/mol. The molecule has 1 aliphatic heterocycles. The summed E-state index contributed by atoms with van der Waals surface area (Å²) in [6, 6.07) is 3.67. The zero-order valence-electron chi connectivity index (χ0n) is 11.9. The van der Waals surface area contributed by atoms with Crippen molar-refractivity contribution >= 4 is 23.1 Å². The van der Waals surface area contributed by atoms with Gasteiger partial charge in [-0.2, -0.15) is 0 Å². The minimum atomic E-state index is -0.344. The first-order chi connectivity index (χ1) is 10.2. The molecule has 110 valence electrons. The van der Waals surface area contributed by atoms with E-state index in [1.807, 2.05) is 13.0 Å². The number of ether oxygens (including phenoxy) is 1. The van der Waals surface area contributed by atoms with Crippen LogP contribution in [0.3, 0.4) is 0 Å². The topological polar surface area (TPSA) is 55.3 Å². The molecule has 21 heavy (non-hydrogen) atoms. The molecule has 0 unspecified atom stereocenters. The van der Waals surface area contributed by atoms with E-state index in [2.05, 4.69) is 14.9 Å². The molecule has 1 fully saturated rings.